The van der Waals surface area contributed by atoms with Crippen molar-refractivity contribution in [3.63, 3.8) is 0 Å². The van der Waals surface area contributed by atoms with Crippen molar-refractivity contribution >= 4 is 13.3 Å². The number of benzene rings is 1. The van der Waals surface area contributed by atoms with Crippen molar-refractivity contribution in [3.8, 4) is 0 Å². The Morgan fingerprint density at radius 3 is 1.17 bits per heavy atom. The van der Waals surface area contributed by atoms with Crippen LogP contribution in [0.4, 0.5) is 0 Å². The lowest BCUT2D eigenvalue weighted by molar-refractivity contribution is 1.20. The van der Waals surface area contributed by atoms with Gasteiger partial charge in [0.05, 0.1) is 0 Å². The fourth-order valence-electron chi connectivity index (χ4n) is 1.69. The molecule has 64 valence electrons. The maximum atomic E-state index is 2.21. The zero-order chi connectivity index (χ0) is 9.46. The topological polar surface area (TPSA) is 0 Å². The zero-order valence-corrected chi connectivity index (χ0v) is 9.00. The molecule has 0 heterocycles. The summed E-state index contributed by atoms with van der Waals surface area (Å²) in [6.07, 6.45) is 0. The van der Waals surface area contributed by atoms with E-state index in [1.54, 1.807) is 0 Å². The molecule has 0 unspecified atom stereocenters. The van der Waals surface area contributed by atoms with E-state index >= 15 is 0 Å². The Morgan fingerprint density at radius 2 is 0.833 bits per heavy atom. The molecule has 0 aromatic heterocycles. The average molecular weight is 160 g/mol. The third-order valence-corrected chi connectivity index (χ3v) is 3.38. The van der Waals surface area contributed by atoms with E-state index in [1.165, 1.54) is 33.3 Å². The Hall–Kier alpha value is -0.715. The Balaban J connectivity index is 3.60. The summed E-state index contributed by atoms with van der Waals surface area (Å²) in [7, 11) is 2.21. The molecule has 0 aliphatic carbocycles. The van der Waals surface area contributed by atoms with Crippen molar-refractivity contribution in [2.75, 3.05) is 0 Å². The van der Waals surface area contributed by atoms with Crippen LogP contribution < -0.4 is 5.46 Å². The van der Waals surface area contributed by atoms with E-state index < -0.39 is 0 Å². The fourth-order valence-corrected chi connectivity index (χ4v) is 1.69. The van der Waals surface area contributed by atoms with Crippen molar-refractivity contribution in [2.24, 2.45) is 0 Å². The molecule has 0 fully saturated rings. The van der Waals surface area contributed by atoms with E-state index in [-0.39, 0.29) is 0 Å². The Labute approximate surface area is 76.4 Å². The van der Waals surface area contributed by atoms with Gasteiger partial charge in [-0.3, -0.25) is 0 Å². The zero-order valence-electron chi connectivity index (χ0n) is 9.00. The van der Waals surface area contributed by atoms with Crippen LogP contribution in [0.1, 0.15) is 27.8 Å². The van der Waals surface area contributed by atoms with Gasteiger partial charge in [-0.25, -0.2) is 0 Å². The molecule has 0 amide bonds. The van der Waals surface area contributed by atoms with Crippen molar-refractivity contribution < 1.29 is 0 Å². The Kier molecular flexibility index (Phi) is 2.32. The van der Waals surface area contributed by atoms with Crippen LogP contribution in [-0.4, -0.2) is 7.85 Å². The molecule has 0 aliphatic rings. The van der Waals surface area contributed by atoms with Crippen LogP contribution in [0.25, 0.3) is 0 Å². The van der Waals surface area contributed by atoms with Gasteiger partial charge < -0.3 is 0 Å². The predicted octanol–water partition coefficient (Wildman–Crippen LogP) is 1.49. The summed E-state index contributed by atoms with van der Waals surface area (Å²) in [5.74, 6) is 0. The molecule has 0 saturated heterocycles. The molecule has 0 saturated carbocycles. The molecular formula is C11H17B. The van der Waals surface area contributed by atoms with Gasteiger partial charge in [-0.05, 0) is 51.3 Å². The Morgan fingerprint density at radius 1 is 0.583 bits per heavy atom. The van der Waals surface area contributed by atoms with Gasteiger partial charge in [-0.15, -0.1) is 0 Å². The first-order chi connectivity index (χ1) is 5.46. The molecule has 0 radical (unpaired) electrons. The predicted molar refractivity (Wildman–Crippen MR) is 58.3 cm³/mol. The first kappa shape index (κ1) is 9.37. The van der Waals surface area contributed by atoms with Crippen molar-refractivity contribution in [2.45, 2.75) is 34.6 Å². The van der Waals surface area contributed by atoms with Crippen molar-refractivity contribution in [1.29, 1.82) is 0 Å². The summed E-state index contributed by atoms with van der Waals surface area (Å²) in [5.41, 5.74) is 8.73. The summed E-state index contributed by atoms with van der Waals surface area (Å²) >= 11 is 0. The minimum atomic E-state index is 1.45. The molecule has 0 atom stereocenters. The maximum absolute atomic E-state index is 2.21. The van der Waals surface area contributed by atoms with Crippen LogP contribution in [0.15, 0.2) is 0 Å². The van der Waals surface area contributed by atoms with Crippen LogP contribution in [0, 0.1) is 34.6 Å². The largest absolute Gasteiger partial charge is 0.140 e. The molecule has 0 nitrogen and oxygen atoms in total. The average Bonchev–Trinajstić information content (AvgIpc) is 2.08. The summed E-state index contributed by atoms with van der Waals surface area (Å²) in [5, 5.41) is 0. The maximum Gasteiger partial charge on any atom is 0.140 e. The standard InChI is InChI=1S/C11H17B/c1-6-7(2)9(4)11(12)10(5)8(6)3/h12H2,1-5H3. The lowest BCUT2D eigenvalue weighted by Gasteiger charge is -2.15. The minimum Gasteiger partial charge on any atom is -0.0827 e. The molecule has 1 heteroatoms. The number of hydrogen-bond acceptors (Lipinski definition) is 0. The van der Waals surface area contributed by atoms with Crippen molar-refractivity contribution in [1.82, 2.24) is 0 Å². The second kappa shape index (κ2) is 2.97. The van der Waals surface area contributed by atoms with Gasteiger partial charge >= 0.3 is 0 Å². The monoisotopic (exact) mass is 160 g/mol. The SMILES string of the molecule is Bc1c(C)c(C)c(C)c(C)c1C. The first-order valence-corrected chi connectivity index (χ1v) is 4.50. The molecule has 12 heavy (non-hydrogen) atoms. The summed E-state index contributed by atoms with van der Waals surface area (Å²) in [6, 6.07) is 0. The molecule has 0 aliphatic heterocycles. The van der Waals surface area contributed by atoms with Crippen LogP contribution in [0.2, 0.25) is 0 Å². The van der Waals surface area contributed by atoms with Gasteiger partial charge in [-0.1, -0.05) is 16.6 Å². The number of rotatable bonds is 0. The second-order valence-corrected chi connectivity index (χ2v) is 3.75. The van der Waals surface area contributed by atoms with E-state index in [1.807, 2.05) is 0 Å². The Bertz CT molecular complexity index is 219. The highest BCUT2D eigenvalue weighted by Crippen LogP contribution is 2.17. The number of hydrogen-bond donors (Lipinski definition) is 0. The van der Waals surface area contributed by atoms with Gasteiger partial charge in [0.15, 0.2) is 0 Å². The third-order valence-electron chi connectivity index (χ3n) is 3.38. The smallest absolute Gasteiger partial charge is 0.0827 e. The van der Waals surface area contributed by atoms with E-state index in [0.29, 0.717) is 0 Å². The van der Waals surface area contributed by atoms with Crippen LogP contribution in [0.5, 0.6) is 0 Å². The molecule has 1 aromatic carbocycles. The molecular weight excluding hydrogens is 143 g/mol. The van der Waals surface area contributed by atoms with Gasteiger partial charge in [-0.2, -0.15) is 0 Å². The van der Waals surface area contributed by atoms with Crippen LogP contribution >= 0.6 is 0 Å². The van der Waals surface area contributed by atoms with Crippen LogP contribution in [0.3, 0.4) is 0 Å². The highest BCUT2D eigenvalue weighted by molar-refractivity contribution is 6.34. The van der Waals surface area contributed by atoms with Gasteiger partial charge in [0.1, 0.15) is 7.85 Å². The normalized spacial score (nSPS) is 10.4. The van der Waals surface area contributed by atoms with E-state index in [0.717, 1.165) is 0 Å². The molecule has 0 bridgehead atoms. The quantitative estimate of drug-likeness (QED) is 0.504. The molecule has 1 aromatic rings. The summed E-state index contributed by atoms with van der Waals surface area (Å²) in [6.45, 7) is 11.1. The lowest BCUT2D eigenvalue weighted by Crippen LogP contribution is -2.16. The highest BCUT2D eigenvalue weighted by atomic mass is 14.1. The van der Waals surface area contributed by atoms with E-state index in [9.17, 15) is 0 Å². The van der Waals surface area contributed by atoms with Gasteiger partial charge in [0.25, 0.3) is 0 Å². The summed E-state index contributed by atoms with van der Waals surface area (Å²) in [4.78, 5) is 0. The van der Waals surface area contributed by atoms with Crippen LogP contribution in [-0.2, 0) is 0 Å². The summed E-state index contributed by atoms with van der Waals surface area (Å²) < 4.78 is 0. The first-order valence-electron chi connectivity index (χ1n) is 4.50. The minimum absolute atomic E-state index is 1.45. The third kappa shape index (κ3) is 1.18. The van der Waals surface area contributed by atoms with Gasteiger partial charge in [0, 0.05) is 0 Å². The van der Waals surface area contributed by atoms with Crippen molar-refractivity contribution in [3.05, 3.63) is 27.8 Å². The van der Waals surface area contributed by atoms with E-state index in [2.05, 4.69) is 42.5 Å². The van der Waals surface area contributed by atoms with E-state index in [4.69, 9.17) is 0 Å². The fraction of sp³-hybridized carbons (Fsp3) is 0.455. The molecule has 0 spiro atoms. The highest BCUT2D eigenvalue weighted by Gasteiger charge is 2.07. The van der Waals surface area contributed by atoms with Gasteiger partial charge in [0.2, 0.25) is 0 Å². The molecule has 0 N–H and O–H groups in total. The molecule has 1 rings (SSSR count). The second-order valence-electron chi connectivity index (χ2n) is 3.75. The lowest BCUT2D eigenvalue weighted by atomic mass is 9.80.